The van der Waals surface area contributed by atoms with Crippen LogP contribution in [0.5, 0.6) is 0 Å². The summed E-state index contributed by atoms with van der Waals surface area (Å²) in [5.41, 5.74) is 0.683. The molecule has 0 aliphatic carbocycles. The molecule has 0 fully saturated rings. The van der Waals surface area contributed by atoms with Gasteiger partial charge in [0.15, 0.2) is 0 Å². The largest absolute Gasteiger partial charge is 0.388 e. The van der Waals surface area contributed by atoms with Gasteiger partial charge in [0, 0.05) is 37.7 Å². The Bertz CT molecular complexity index is 1400. The molecule has 0 aliphatic rings. The number of rotatable bonds is 19. The predicted molar refractivity (Wildman–Crippen MR) is 172 cm³/mol. The molecular formula is C35H44F2N4O6. The highest BCUT2D eigenvalue weighted by Gasteiger charge is 2.35. The van der Waals surface area contributed by atoms with Gasteiger partial charge in [-0.05, 0) is 61.2 Å². The van der Waals surface area contributed by atoms with E-state index in [-0.39, 0.29) is 37.0 Å². The predicted octanol–water partition coefficient (Wildman–Crippen LogP) is 3.71. The van der Waals surface area contributed by atoms with Gasteiger partial charge in [-0.2, -0.15) is 0 Å². The molecule has 2 aromatic carbocycles. The number of amides is 3. The molecule has 254 valence electrons. The van der Waals surface area contributed by atoms with E-state index in [0.717, 1.165) is 31.4 Å². The fourth-order valence-corrected chi connectivity index (χ4v) is 5.20. The Morgan fingerprint density at radius 2 is 1.47 bits per heavy atom. The van der Waals surface area contributed by atoms with Crippen molar-refractivity contribution in [2.75, 3.05) is 13.7 Å². The molecule has 1 aromatic heterocycles. The van der Waals surface area contributed by atoms with Gasteiger partial charge in [-0.1, -0.05) is 50.8 Å². The molecule has 47 heavy (non-hydrogen) atoms. The van der Waals surface area contributed by atoms with E-state index in [0.29, 0.717) is 18.1 Å². The molecule has 12 heteroatoms. The van der Waals surface area contributed by atoms with Crippen LogP contribution in [0.2, 0.25) is 0 Å². The zero-order valence-corrected chi connectivity index (χ0v) is 26.7. The van der Waals surface area contributed by atoms with E-state index in [1.54, 1.807) is 42.5 Å². The third kappa shape index (κ3) is 12.1. The second-order valence-electron chi connectivity index (χ2n) is 11.4. The number of unbranched alkanes of at least 4 members (excludes halogenated alkanes) is 3. The monoisotopic (exact) mass is 654 g/mol. The lowest BCUT2D eigenvalue weighted by molar-refractivity contribution is -0.125. The summed E-state index contributed by atoms with van der Waals surface area (Å²) >= 11 is 0. The first-order valence-electron chi connectivity index (χ1n) is 15.8. The fraction of sp³-hybridized carbons (Fsp3) is 0.429. The summed E-state index contributed by atoms with van der Waals surface area (Å²) in [5.74, 6) is -3.40. The highest BCUT2D eigenvalue weighted by Crippen LogP contribution is 2.17. The zero-order chi connectivity index (χ0) is 34.2. The molecule has 3 aromatic rings. The molecule has 0 bridgehead atoms. The van der Waals surface area contributed by atoms with Crippen molar-refractivity contribution in [2.45, 2.75) is 82.2 Å². The van der Waals surface area contributed by atoms with Gasteiger partial charge in [-0.15, -0.1) is 0 Å². The third-order valence-electron chi connectivity index (χ3n) is 7.76. The number of halogens is 2. The minimum absolute atomic E-state index is 0.101. The SMILES string of the molecule is CCCCCC[C@@H](NC(=O)c1cccnc1)C(=O)N[C@@H](Cc1cc(F)cc(F)c1)[C@@H](O)[C@H](O)[C@@H](CCOC)NC(=O)c1ccccc1. The molecule has 0 unspecified atom stereocenters. The maximum Gasteiger partial charge on any atom is 0.253 e. The van der Waals surface area contributed by atoms with E-state index in [1.807, 2.05) is 6.92 Å². The van der Waals surface area contributed by atoms with Crippen molar-refractivity contribution < 1.29 is 38.1 Å². The molecule has 0 saturated carbocycles. The first kappa shape index (κ1) is 37.2. The van der Waals surface area contributed by atoms with Crippen molar-refractivity contribution in [3.05, 3.63) is 101 Å². The molecular weight excluding hydrogens is 610 g/mol. The van der Waals surface area contributed by atoms with Crippen LogP contribution >= 0.6 is 0 Å². The van der Waals surface area contributed by atoms with Crippen LogP contribution in [0.1, 0.15) is 71.7 Å². The summed E-state index contributed by atoms with van der Waals surface area (Å²) in [5, 5.41) is 31.1. The van der Waals surface area contributed by atoms with Gasteiger partial charge in [0.2, 0.25) is 5.91 Å². The lowest BCUT2D eigenvalue weighted by Gasteiger charge is -2.33. The quantitative estimate of drug-likeness (QED) is 0.124. The van der Waals surface area contributed by atoms with E-state index >= 15 is 0 Å². The van der Waals surface area contributed by atoms with Crippen LogP contribution in [0, 0.1) is 11.6 Å². The lowest BCUT2D eigenvalue weighted by atomic mass is 9.92. The maximum atomic E-state index is 14.2. The minimum Gasteiger partial charge on any atom is -0.388 e. The van der Waals surface area contributed by atoms with Gasteiger partial charge in [0.1, 0.15) is 29.9 Å². The normalized spacial score (nSPS) is 14.3. The molecule has 10 nitrogen and oxygen atoms in total. The smallest absolute Gasteiger partial charge is 0.253 e. The fourth-order valence-electron chi connectivity index (χ4n) is 5.20. The molecule has 3 amide bonds. The number of benzene rings is 2. The maximum absolute atomic E-state index is 14.2. The van der Waals surface area contributed by atoms with E-state index in [2.05, 4.69) is 20.9 Å². The van der Waals surface area contributed by atoms with Crippen molar-refractivity contribution in [3.8, 4) is 0 Å². The molecule has 0 spiro atoms. The number of aliphatic hydroxyl groups is 2. The molecule has 1 heterocycles. The summed E-state index contributed by atoms with van der Waals surface area (Å²) in [4.78, 5) is 43.7. The molecule has 0 aliphatic heterocycles. The second-order valence-corrected chi connectivity index (χ2v) is 11.4. The van der Waals surface area contributed by atoms with Crippen LogP contribution in [0.4, 0.5) is 8.78 Å². The molecule has 5 atom stereocenters. The van der Waals surface area contributed by atoms with Crippen molar-refractivity contribution in [1.82, 2.24) is 20.9 Å². The molecule has 5 N–H and O–H groups in total. The Balaban J connectivity index is 1.89. The number of methoxy groups -OCH3 is 1. The molecule has 3 rings (SSSR count). The Hall–Kier alpha value is -4.26. The van der Waals surface area contributed by atoms with Crippen molar-refractivity contribution >= 4 is 17.7 Å². The Labute approximate surface area is 274 Å². The summed E-state index contributed by atoms with van der Waals surface area (Å²) in [6, 6.07) is 10.9. The van der Waals surface area contributed by atoms with Gasteiger partial charge in [-0.3, -0.25) is 19.4 Å². The average Bonchev–Trinajstić information content (AvgIpc) is 3.07. The number of hydrogen-bond donors (Lipinski definition) is 5. The van der Waals surface area contributed by atoms with Crippen LogP contribution in [0.3, 0.4) is 0 Å². The Morgan fingerprint density at radius 1 is 0.809 bits per heavy atom. The highest BCUT2D eigenvalue weighted by molar-refractivity contribution is 5.97. The van der Waals surface area contributed by atoms with Crippen molar-refractivity contribution in [2.24, 2.45) is 0 Å². The Morgan fingerprint density at radius 3 is 2.11 bits per heavy atom. The zero-order valence-electron chi connectivity index (χ0n) is 26.7. The van der Waals surface area contributed by atoms with E-state index in [9.17, 15) is 33.4 Å². The van der Waals surface area contributed by atoms with Gasteiger partial charge in [0.05, 0.1) is 17.6 Å². The van der Waals surface area contributed by atoms with Gasteiger partial charge < -0.3 is 30.9 Å². The van der Waals surface area contributed by atoms with E-state index in [1.165, 1.54) is 19.5 Å². The van der Waals surface area contributed by atoms with Gasteiger partial charge in [-0.25, -0.2) is 8.78 Å². The minimum atomic E-state index is -1.72. The lowest BCUT2D eigenvalue weighted by Crippen LogP contribution is -2.59. The number of aromatic nitrogens is 1. The van der Waals surface area contributed by atoms with Crippen molar-refractivity contribution in [3.63, 3.8) is 0 Å². The number of carbonyl (C=O) groups excluding carboxylic acids is 3. The topological polar surface area (TPSA) is 150 Å². The van der Waals surface area contributed by atoms with Gasteiger partial charge in [0.25, 0.3) is 11.8 Å². The number of hydrogen-bond acceptors (Lipinski definition) is 7. The number of nitrogens with zero attached hydrogens (tertiary/aromatic N) is 1. The second kappa shape index (κ2) is 19.4. The number of carbonyl (C=O) groups is 3. The Kier molecular flexibility index (Phi) is 15.4. The van der Waals surface area contributed by atoms with E-state index < -0.39 is 59.7 Å². The summed E-state index contributed by atoms with van der Waals surface area (Å²) in [6.45, 7) is 2.17. The first-order chi connectivity index (χ1) is 22.6. The number of nitrogens with one attached hydrogen (secondary N) is 3. The van der Waals surface area contributed by atoms with E-state index in [4.69, 9.17) is 4.74 Å². The third-order valence-corrected chi connectivity index (χ3v) is 7.76. The van der Waals surface area contributed by atoms with Crippen LogP contribution in [-0.2, 0) is 16.0 Å². The summed E-state index contributed by atoms with van der Waals surface area (Å²) in [7, 11) is 1.45. The first-order valence-corrected chi connectivity index (χ1v) is 15.8. The van der Waals surface area contributed by atoms with Crippen molar-refractivity contribution in [1.29, 1.82) is 0 Å². The van der Waals surface area contributed by atoms with Crippen LogP contribution in [-0.4, -0.2) is 77.0 Å². The average molecular weight is 655 g/mol. The molecule has 0 saturated heterocycles. The van der Waals surface area contributed by atoms with Crippen LogP contribution < -0.4 is 16.0 Å². The summed E-state index contributed by atoms with van der Waals surface area (Å²) < 4.78 is 33.5. The number of ether oxygens (including phenoxy) is 1. The summed E-state index contributed by atoms with van der Waals surface area (Å²) in [6.07, 6.45) is 2.95. The number of pyridine rings is 1. The van der Waals surface area contributed by atoms with Crippen LogP contribution in [0.15, 0.2) is 73.1 Å². The number of aliphatic hydroxyl groups excluding tert-OH is 2. The van der Waals surface area contributed by atoms with Crippen LogP contribution in [0.25, 0.3) is 0 Å². The van der Waals surface area contributed by atoms with Gasteiger partial charge >= 0.3 is 0 Å². The standard InChI is InChI=1S/C35H44F2N4O6/c1-3-4-5-9-14-29(40-34(45)25-13-10-16-38-22-25)35(46)41-30(20-23-18-26(36)21-27(37)19-23)32(43)31(42)28(15-17-47-2)39-33(44)24-11-7-6-8-12-24/h6-8,10-13,16,18-19,21-22,28-32,42-43H,3-5,9,14-15,17,20H2,1-2H3,(H,39,44)(H,40,45)(H,41,46)/t28-,29-,30+,31-,32-/m1/s1. The highest BCUT2D eigenvalue weighted by atomic mass is 19.1. The molecule has 0 radical (unpaired) electrons.